The lowest BCUT2D eigenvalue weighted by Gasteiger charge is -2.12. The zero-order chi connectivity index (χ0) is 17.8. The number of nitrogens with two attached hydrogens (primary N) is 1. The molecule has 2 heterocycles. The maximum atomic E-state index is 12.0. The Balaban J connectivity index is 1.97. The van der Waals surface area contributed by atoms with Gasteiger partial charge < -0.3 is 5.73 Å². The quantitative estimate of drug-likeness (QED) is 0.669. The number of benzene rings is 1. The molecule has 0 aliphatic carbocycles. The maximum Gasteiger partial charge on any atom is 0.318 e. The lowest BCUT2D eigenvalue weighted by Crippen LogP contribution is -2.39. The second-order valence-electron chi connectivity index (χ2n) is 5.07. The van der Waals surface area contributed by atoms with E-state index < -0.39 is 17.2 Å². The Hall–Kier alpha value is -2.65. The predicted molar refractivity (Wildman–Crippen MR) is 97.7 cm³/mol. The molecule has 0 saturated carbocycles. The topological polar surface area (TPSA) is 103 Å². The summed E-state index contributed by atoms with van der Waals surface area (Å²) in [7, 11) is 0. The number of urea groups is 1. The van der Waals surface area contributed by atoms with Crippen LogP contribution in [0.25, 0.3) is 16.4 Å². The molecule has 0 radical (unpaired) electrons. The molecule has 1 atom stereocenters. The first kappa shape index (κ1) is 17.2. The highest BCUT2D eigenvalue weighted by Crippen LogP contribution is 2.31. The van der Waals surface area contributed by atoms with Gasteiger partial charge >= 0.3 is 6.03 Å². The van der Waals surface area contributed by atoms with E-state index in [9.17, 15) is 9.59 Å². The van der Waals surface area contributed by atoms with E-state index in [1.54, 1.807) is 18.3 Å². The highest BCUT2D eigenvalue weighted by molar-refractivity contribution is 8.00. The number of amides is 3. The minimum absolute atomic E-state index is 0.474. The van der Waals surface area contributed by atoms with Crippen LogP contribution in [0, 0.1) is 0 Å². The Bertz CT molecular complexity index is 877. The first-order valence-corrected chi connectivity index (χ1v) is 9.14. The molecule has 0 aliphatic heterocycles. The van der Waals surface area contributed by atoms with E-state index in [1.807, 2.05) is 52.4 Å². The van der Waals surface area contributed by atoms with E-state index in [4.69, 9.17) is 5.73 Å². The average Bonchev–Trinajstić information content (AvgIpc) is 3.24. The zero-order valence-corrected chi connectivity index (χ0v) is 14.9. The summed E-state index contributed by atoms with van der Waals surface area (Å²) in [5.74, 6) is 0.226. The number of para-hydroxylation sites is 1. The SMILES string of the molecule is C[C@@H](Sc1nnc(-c2cccs2)n1-c1ccccc1)C(=O)NC(N)=O. The molecule has 0 saturated heterocycles. The molecule has 0 fully saturated rings. The van der Waals surface area contributed by atoms with Crippen molar-refractivity contribution in [3.63, 3.8) is 0 Å². The molecule has 25 heavy (non-hydrogen) atoms. The first-order valence-electron chi connectivity index (χ1n) is 7.38. The number of thioether (sulfide) groups is 1. The number of rotatable bonds is 5. The number of hydrogen-bond donors (Lipinski definition) is 2. The van der Waals surface area contributed by atoms with Gasteiger partial charge in [0, 0.05) is 5.69 Å². The fourth-order valence-corrected chi connectivity index (χ4v) is 3.72. The molecule has 1 aromatic carbocycles. The third-order valence-electron chi connectivity index (χ3n) is 3.29. The Morgan fingerprint density at radius 2 is 1.96 bits per heavy atom. The Kier molecular flexibility index (Phi) is 5.15. The Labute approximate surface area is 152 Å². The number of thiophene rings is 1. The second kappa shape index (κ2) is 7.49. The molecule has 2 aromatic heterocycles. The smallest absolute Gasteiger partial charge is 0.318 e. The van der Waals surface area contributed by atoms with Crippen molar-refractivity contribution in [1.29, 1.82) is 0 Å². The van der Waals surface area contributed by atoms with Crippen molar-refractivity contribution < 1.29 is 9.59 Å². The maximum absolute atomic E-state index is 12.0. The van der Waals surface area contributed by atoms with Crippen LogP contribution >= 0.6 is 23.1 Å². The van der Waals surface area contributed by atoms with Crippen molar-refractivity contribution in [1.82, 2.24) is 20.1 Å². The van der Waals surface area contributed by atoms with Crippen molar-refractivity contribution in [2.24, 2.45) is 5.73 Å². The molecular formula is C16H15N5O2S2. The lowest BCUT2D eigenvalue weighted by molar-refractivity contribution is -0.119. The standard InChI is InChI=1S/C16H15N5O2S2/c1-10(14(22)18-15(17)23)25-16-20-19-13(12-8-5-9-24-12)21(16)11-6-3-2-4-7-11/h2-10H,1H3,(H3,17,18,22,23)/t10-/m1/s1. The molecule has 0 bridgehead atoms. The zero-order valence-electron chi connectivity index (χ0n) is 13.2. The van der Waals surface area contributed by atoms with Gasteiger partial charge in [0.15, 0.2) is 11.0 Å². The van der Waals surface area contributed by atoms with E-state index in [0.29, 0.717) is 11.0 Å². The molecule has 3 amide bonds. The van der Waals surface area contributed by atoms with Crippen molar-refractivity contribution in [2.45, 2.75) is 17.3 Å². The fourth-order valence-electron chi connectivity index (χ4n) is 2.16. The largest absolute Gasteiger partial charge is 0.351 e. The summed E-state index contributed by atoms with van der Waals surface area (Å²) in [5.41, 5.74) is 5.89. The van der Waals surface area contributed by atoms with Gasteiger partial charge in [-0.3, -0.25) is 14.7 Å². The minimum atomic E-state index is -0.874. The van der Waals surface area contributed by atoms with E-state index in [1.165, 1.54) is 11.8 Å². The van der Waals surface area contributed by atoms with E-state index >= 15 is 0 Å². The fraction of sp³-hybridized carbons (Fsp3) is 0.125. The number of aromatic nitrogens is 3. The minimum Gasteiger partial charge on any atom is -0.351 e. The number of nitrogens with one attached hydrogen (secondary N) is 1. The summed E-state index contributed by atoms with van der Waals surface area (Å²) < 4.78 is 1.89. The third kappa shape index (κ3) is 3.89. The molecule has 128 valence electrons. The summed E-state index contributed by atoms with van der Waals surface area (Å²) >= 11 is 2.77. The normalized spacial score (nSPS) is 11.9. The van der Waals surface area contributed by atoms with E-state index in [-0.39, 0.29) is 0 Å². The van der Waals surface area contributed by atoms with Crippen LogP contribution in [0.4, 0.5) is 4.79 Å². The van der Waals surface area contributed by atoms with Gasteiger partial charge in [-0.25, -0.2) is 4.79 Å². The molecule has 0 unspecified atom stereocenters. The number of carbonyl (C=O) groups excluding carboxylic acids is 2. The summed E-state index contributed by atoms with van der Waals surface area (Å²) in [6.45, 7) is 1.68. The highest BCUT2D eigenvalue weighted by Gasteiger charge is 2.22. The Morgan fingerprint density at radius 3 is 2.60 bits per heavy atom. The van der Waals surface area contributed by atoms with Crippen molar-refractivity contribution >= 4 is 35.0 Å². The third-order valence-corrected chi connectivity index (χ3v) is 5.20. The van der Waals surface area contributed by atoms with Crippen LogP contribution in [0.2, 0.25) is 0 Å². The van der Waals surface area contributed by atoms with Gasteiger partial charge in [0.25, 0.3) is 0 Å². The van der Waals surface area contributed by atoms with Gasteiger partial charge in [-0.2, -0.15) is 0 Å². The Morgan fingerprint density at radius 1 is 1.20 bits per heavy atom. The van der Waals surface area contributed by atoms with Crippen LogP contribution in [0.1, 0.15) is 6.92 Å². The van der Waals surface area contributed by atoms with Gasteiger partial charge in [-0.15, -0.1) is 21.5 Å². The van der Waals surface area contributed by atoms with Crippen LogP contribution in [0.5, 0.6) is 0 Å². The number of nitrogens with zero attached hydrogens (tertiary/aromatic N) is 3. The van der Waals surface area contributed by atoms with Crippen molar-refractivity contribution in [2.75, 3.05) is 0 Å². The molecule has 9 heteroatoms. The van der Waals surface area contributed by atoms with Crippen LogP contribution in [0.3, 0.4) is 0 Å². The summed E-state index contributed by atoms with van der Waals surface area (Å²) in [5, 5.41) is 12.6. The van der Waals surface area contributed by atoms with Crippen LogP contribution in [0.15, 0.2) is 53.0 Å². The molecule has 7 nitrogen and oxygen atoms in total. The molecular weight excluding hydrogens is 358 g/mol. The van der Waals surface area contributed by atoms with Crippen molar-refractivity contribution in [3.8, 4) is 16.4 Å². The number of carbonyl (C=O) groups is 2. The van der Waals surface area contributed by atoms with Gasteiger partial charge in [0.2, 0.25) is 5.91 Å². The second-order valence-corrected chi connectivity index (χ2v) is 7.32. The summed E-state index contributed by atoms with van der Waals surface area (Å²) in [6, 6.07) is 12.7. The van der Waals surface area contributed by atoms with Crippen molar-refractivity contribution in [3.05, 3.63) is 47.8 Å². The first-order chi connectivity index (χ1) is 12.1. The number of imide groups is 1. The molecule has 3 aromatic rings. The van der Waals surface area contributed by atoms with Gasteiger partial charge in [-0.05, 0) is 30.5 Å². The molecule has 0 spiro atoms. The highest BCUT2D eigenvalue weighted by atomic mass is 32.2. The van der Waals surface area contributed by atoms with Crippen LogP contribution in [-0.4, -0.2) is 32.0 Å². The van der Waals surface area contributed by atoms with Gasteiger partial charge in [0.1, 0.15) is 0 Å². The van der Waals surface area contributed by atoms with E-state index in [2.05, 4.69) is 15.5 Å². The summed E-state index contributed by atoms with van der Waals surface area (Å²) in [4.78, 5) is 23.8. The predicted octanol–water partition coefficient (Wildman–Crippen LogP) is 2.67. The molecule has 0 aliphatic rings. The summed E-state index contributed by atoms with van der Waals surface area (Å²) in [6.07, 6.45) is 0. The average molecular weight is 373 g/mol. The molecule has 3 rings (SSSR count). The van der Waals surface area contributed by atoms with Gasteiger partial charge in [-0.1, -0.05) is 36.0 Å². The monoisotopic (exact) mass is 373 g/mol. The van der Waals surface area contributed by atoms with Gasteiger partial charge in [0.05, 0.1) is 10.1 Å². The molecule has 3 N–H and O–H groups in total. The van der Waals surface area contributed by atoms with Crippen LogP contribution < -0.4 is 11.1 Å². The number of hydrogen-bond acceptors (Lipinski definition) is 6. The number of primary amides is 1. The lowest BCUT2D eigenvalue weighted by atomic mass is 10.3. The van der Waals surface area contributed by atoms with E-state index in [0.717, 1.165) is 10.6 Å². The van der Waals surface area contributed by atoms with Crippen LogP contribution in [-0.2, 0) is 4.79 Å².